The minimum Gasteiger partial charge on any atom is -0.452 e. The second kappa shape index (κ2) is 5.13. The SMILES string of the molecule is NC(=O)COC(=O)c1ccccc1-n1cccn1. The quantitative estimate of drug-likeness (QED) is 0.795. The topological polar surface area (TPSA) is 87.2 Å². The van der Waals surface area contributed by atoms with Gasteiger partial charge in [0, 0.05) is 12.4 Å². The van der Waals surface area contributed by atoms with Crippen LogP contribution in [0.3, 0.4) is 0 Å². The summed E-state index contributed by atoms with van der Waals surface area (Å²) in [5.41, 5.74) is 5.82. The van der Waals surface area contributed by atoms with Gasteiger partial charge in [0.1, 0.15) is 0 Å². The Morgan fingerprint density at radius 1 is 1.28 bits per heavy atom. The van der Waals surface area contributed by atoms with Crippen LogP contribution in [0.4, 0.5) is 0 Å². The van der Waals surface area contributed by atoms with E-state index in [0.717, 1.165) is 0 Å². The number of esters is 1. The van der Waals surface area contributed by atoms with E-state index >= 15 is 0 Å². The van der Waals surface area contributed by atoms with Crippen molar-refractivity contribution in [1.82, 2.24) is 9.78 Å². The van der Waals surface area contributed by atoms with Crippen molar-refractivity contribution in [2.75, 3.05) is 6.61 Å². The zero-order chi connectivity index (χ0) is 13.0. The smallest absolute Gasteiger partial charge is 0.340 e. The van der Waals surface area contributed by atoms with Gasteiger partial charge in [0.25, 0.3) is 5.91 Å². The van der Waals surface area contributed by atoms with Crippen molar-refractivity contribution in [1.29, 1.82) is 0 Å². The summed E-state index contributed by atoms with van der Waals surface area (Å²) in [4.78, 5) is 22.4. The Kier molecular flexibility index (Phi) is 3.38. The molecule has 2 N–H and O–H groups in total. The molecule has 0 aliphatic heterocycles. The molecule has 6 heteroatoms. The minimum absolute atomic E-state index is 0.322. The van der Waals surface area contributed by atoms with Crippen molar-refractivity contribution in [2.24, 2.45) is 5.73 Å². The van der Waals surface area contributed by atoms with Crippen LogP contribution in [0.5, 0.6) is 0 Å². The van der Waals surface area contributed by atoms with E-state index in [1.807, 2.05) is 0 Å². The van der Waals surface area contributed by atoms with Crippen LogP contribution < -0.4 is 5.73 Å². The maximum absolute atomic E-state index is 11.8. The molecule has 6 nitrogen and oxygen atoms in total. The fourth-order valence-electron chi connectivity index (χ4n) is 1.47. The molecule has 0 radical (unpaired) electrons. The molecule has 1 heterocycles. The lowest BCUT2D eigenvalue weighted by atomic mass is 10.2. The van der Waals surface area contributed by atoms with Gasteiger partial charge in [0.15, 0.2) is 6.61 Å². The van der Waals surface area contributed by atoms with Crippen molar-refractivity contribution < 1.29 is 14.3 Å². The molecule has 0 bridgehead atoms. The van der Waals surface area contributed by atoms with Crippen LogP contribution >= 0.6 is 0 Å². The maximum atomic E-state index is 11.8. The zero-order valence-electron chi connectivity index (χ0n) is 9.45. The summed E-state index contributed by atoms with van der Waals surface area (Å²) in [6, 6.07) is 8.55. The number of carbonyl (C=O) groups is 2. The molecule has 2 rings (SSSR count). The number of nitrogens with zero attached hydrogens (tertiary/aromatic N) is 2. The second-order valence-corrected chi connectivity index (χ2v) is 3.51. The molecule has 18 heavy (non-hydrogen) atoms. The van der Waals surface area contributed by atoms with E-state index in [2.05, 4.69) is 5.10 Å². The third-order valence-corrected chi connectivity index (χ3v) is 2.22. The predicted molar refractivity (Wildman–Crippen MR) is 63.0 cm³/mol. The number of hydrogen-bond donors (Lipinski definition) is 1. The van der Waals surface area contributed by atoms with Gasteiger partial charge in [-0.05, 0) is 18.2 Å². The number of amides is 1. The third kappa shape index (κ3) is 2.54. The van der Waals surface area contributed by atoms with Crippen LogP contribution in [0.15, 0.2) is 42.7 Å². The molecule has 0 aliphatic carbocycles. The first-order valence-electron chi connectivity index (χ1n) is 5.23. The van der Waals surface area contributed by atoms with E-state index in [-0.39, 0.29) is 0 Å². The number of para-hydroxylation sites is 1. The average Bonchev–Trinajstić information content (AvgIpc) is 2.89. The van der Waals surface area contributed by atoms with E-state index < -0.39 is 18.5 Å². The molecule has 0 fully saturated rings. The van der Waals surface area contributed by atoms with Gasteiger partial charge in [0.05, 0.1) is 11.3 Å². The Labute approximate surface area is 103 Å². The first-order chi connectivity index (χ1) is 8.68. The van der Waals surface area contributed by atoms with Gasteiger partial charge in [-0.2, -0.15) is 5.10 Å². The van der Waals surface area contributed by atoms with Crippen LogP contribution in [0.25, 0.3) is 5.69 Å². The molecular weight excluding hydrogens is 234 g/mol. The number of hydrogen-bond acceptors (Lipinski definition) is 4. The highest BCUT2D eigenvalue weighted by molar-refractivity contribution is 5.94. The van der Waals surface area contributed by atoms with Crippen molar-refractivity contribution in [2.45, 2.75) is 0 Å². The third-order valence-electron chi connectivity index (χ3n) is 2.22. The highest BCUT2D eigenvalue weighted by Crippen LogP contribution is 2.14. The van der Waals surface area contributed by atoms with E-state index in [1.165, 1.54) is 0 Å². The van der Waals surface area contributed by atoms with Gasteiger partial charge in [-0.15, -0.1) is 0 Å². The molecule has 92 valence electrons. The lowest BCUT2D eigenvalue weighted by Gasteiger charge is -2.08. The van der Waals surface area contributed by atoms with Crippen molar-refractivity contribution >= 4 is 11.9 Å². The van der Waals surface area contributed by atoms with Crippen LogP contribution in [-0.2, 0) is 9.53 Å². The first-order valence-corrected chi connectivity index (χ1v) is 5.23. The number of primary amides is 1. The average molecular weight is 245 g/mol. The largest absolute Gasteiger partial charge is 0.452 e. The van der Waals surface area contributed by atoms with E-state index in [1.54, 1.807) is 47.4 Å². The summed E-state index contributed by atoms with van der Waals surface area (Å²) >= 11 is 0. The molecule has 0 unspecified atom stereocenters. The molecule has 0 saturated carbocycles. The van der Waals surface area contributed by atoms with Gasteiger partial charge in [-0.1, -0.05) is 12.1 Å². The standard InChI is InChI=1S/C12H11N3O3/c13-11(16)8-18-12(17)9-4-1-2-5-10(9)15-7-3-6-14-15/h1-7H,8H2,(H2,13,16). The summed E-state index contributed by atoms with van der Waals surface area (Å²) in [7, 11) is 0. The first kappa shape index (κ1) is 11.8. The van der Waals surface area contributed by atoms with E-state index in [0.29, 0.717) is 11.3 Å². The highest BCUT2D eigenvalue weighted by Gasteiger charge is 2.14. The Morgan fingerprint density at radius 3 is 2.72 bits per heavy atom. The monoisotopic (exact) mass is 245 g/mol. The Bertz CT molecular complexity index is 564. The molecular formula is C12H11N3O3. The lowest BCUT2D eigenvalue weighted by molar-refractivity contribution is -0.121. The summed E-state index contributed by atoms with van der Waals surface area (Å²) < 4.78 is 6.32. The fraction of sp³-hybridized carbons (Fsp3) is 0.0833. The summed E-state index contributed by atoms with van der Waals surface area (Å²) in [6.45, 7) is -0.438. The van der Waals surface area contributed by atoms with E-state index in [4.69, 9.17) is 10.5 Å². The number of nitrogens with two attached hydrogens (primary N) is 1. The molecule has 0 aliphatic rings. The van der Waals surface area contributed by atoms with Crippen molar-refractivity contribution in [3.8, 4) is 5.69 Å². The van der Waals surface area contributed by atoms with Gasteiger partial charge >= 0.3 is 5.97 Å². The molecule has 0 saturated heterocycles. The molecule has 1 aromatic heterocycles. The van der Waals surface area contributed by atoms with Crippen LogP contribution in [-0.4, -0.2) is 28.3 Å². The molecule has 0 spiro atoms. The van der Waals surface area contributed by atoms with E-state index in [9.17, 15) is 9.59 Å². The number of rotatable bonds is 4. The summed E-state index contributed by atoms with van der Waals surface area (Å²) in [5.74, 6) is -1.31. The maximum Gasteiger partial charge on any atom is 0.340 e. The number of benzene rings is 1. The van der Waals surface area contributed by atoms with Crippen LogP contribution in [0, 0.1) is 0 Å². The number of carbonyl (C=O) groups excluding carboxylic acids is 2. The van der Waals surface area contributed by atoms with Crippen molar-refractivity contribution in [3.05, 3.63) is 48.3 Å². The van der Waals surface area contributed by atoms with Crippen molar-refractivity contribution in [3.63, 3.8) is 0 Å². The molecule has 2 aromatic rings. The van der Waals surface area contributed by atoms with Crippen LogP contribution in [0.2, 0.25) is 0 Å². The minimum atomic E-state index is -0.695. The number of aromatic nitrogens is 2. The molecule has 1 aromatic carbocycles. The Balaban J connectivity index is 2.28. The molecule has 0 atom stereocenters. The van der Waals surface area contributed by atoms with Gasteiger partial charge in [-0.25, -0.2) is 9.48 Å². The fourth-order valence-corrected chi connectivity index (χ4v) is 1.47. The van der Waals surface area contributed by atoms with Crippen LogP contribution in [0.1, 0.15) is 10.4 Å². The van der Waals surface area contributed by atoms with Gasteiger partial charge in [-0.3, -0.25) is 4.79 Å². The summed E-state index contributed by atoms with van der Waals surface area (Å²) in [6.07, 6.45) is 3.31. The normalized spacial score (nSPS) is 10.0. The highest BCUT2D eigenvalue weighted by atomic mass is 16.5. The zero-order valence-corrected chi connectivity index (χ0v) is 9.45. The number of ether oxygens (including phenoxy) is 1. The summed E-state index contributed by atoms with van der Waals surface area (Å²) in [5, 5.41) is 4.04. The Hall–Kier alpha value is -2.63. The predicted octanol–water partition coefficient (Wildman–Crippen LogP) is 0.514. The van der Waals surface area contributed by atoms with Gasteiger partial charge in [0.2, 0.25) is 0 Å². The molecule has 1 amide bonds. The Morgan fingerprint density at radius 2 is 2.06 bits per heavy atom. The second-order valence-electron chi connectivity index (χ2n) is 3.51. The lowest BCUT2D eigenvalue weighted by Crippen LogP contribution is -2.21. The van der Waals surface area contributed by atoms with Gasteiger partial charge < -0.3 is 10.5 Å².